The van der Waals surface area contributed by atoms with Crippen LogP contribution in [0.2, 0.25) is 5.28 Å². The fourth-order valence-electron chi connectivity index (χ4n) is 2.68. The number of benzene rings is 1. The standard InChI is InChI=1S/C16H14ClFN6O/c17-16-22-13(8-14(23-16)24-3-5-25-6-4-24)21-15-11-2-1-10(18)7-12(11)19-9-20-15/h1-2,7-9H,3-6H2,(H,19,20,21,22,23). The van der Waals surface area contributed by atoms with Gasteiger partial charge in [0.05, 0.1) is 18.7 Å². The summed E-state index contributed by atoms with van der Waals surface area (Å²) >= 11 is 6.07. The molecule has 1 fully saturated rings. The summed E-state index contributed by atoms with van der Waals surface area (Å²) < 4.78 is 18.7. The normalized spacial score (nSPS) is 14.7. The zero-order valence-corrected chi connectivity index (χ0v) is 13.9. The molecule has 0 saturated carbocycles. The molecule has 1 aromatic carbocycles. The highest BCUT2D eigenvalue weighted by atomic mass is 35.5. The minimum absolute atomic E-state index is 0.135. The van der Waals surface area contributed by atoms with Crippen molar-refractivity contribution in [2.75, 3.05) is 36.5 Å². The van der Waals surface area contributed by atoms with Gasteiger partial charge in [-0.1, -0.05) is 0 Å². The zero-order chi connectivity index (χ0) is 17.2. The molecule has 0 atom stereocenters. The second kappa shape index (κ2) is 6.73. The number of halogens is 2. The van der Waals surface area contributed by atoms with Gasteiger partial charge >= 0.3 is 0 Å². The van der Waals surface area contributed by atoms with Crippen molar-refractivity contribution in [2.45, 2.75) is 0 Å². The second-order valence-electron chi connectivity index (χ2n) is 5.49. The van der Waals surface area contributed by atoms with Gasteiger partial charge in [0, 0.05) is 30.6 Å². The van der Waals surface area contributed by atoms with Crippen molar-refractivity contribution in [3.63, 3.8) is 0 Å². The molecule has 0 aliphatic carbocycles. The van der Waals surface area contributed by atoms with E-state index in [1.165, 1.54) is 18.5 Å². The van der Waals surface area contributed by atoms with Crippen molar-refractivity contribution in [3.05, 3.63) is 41.7 Å². The van der Waals surface area contributed by atoms with Gasteiger partial charge in [-0.05, 0) is 23.7 Å². The molecule has 3 aromatic rings. The van der Waals surface area contributed by atoms with Gasteiger partial charge < -0.3 is 15.0 Å². The maximum absolute atomic E-state index is 13.4. The van der Waals surface area contributed by atoms with Gasteiger partial charge in [-0.2, -0.15) is 0 Å². The maximum Gasteiger partial charge on any atom is 0.226 e. The number of nitrogens with zero attached hydrogens (tertiary/aromatic N) is 5. The Labute approximate surface area is 147 Å². The van der Waals surface area contributed by atoms with Crippen LogP contribution in [-0.4, -0.2) is 46.2 Å². The molecule has 1 saturated heterocycles. The first-order valence-electron chi connectivity index (χ1n) is 7.73. The van der Waals surface area contributed by atoms with Crippen molar-refractivity contribution in [1.29, 1.82) is 0 Å². The molecule has 0 spiro atoms. The van der Waals surface area contributed by atoms with Crippen LogP contribution in [-0.2, 0) is 4.74 Å². The molecular weight excluding hydrogens is 347 g/mol. The summed E-state index contributed by atoms with van der Waals surface area (Å²) in [5, 5.41) is 3.94. The van der Waals surface area contributed by atoms with E-state index in [0.29, 0.717) is 35.8 Å². The van der Waals surface area contributed by atoms with Gasteiger partial charge in [-0.25, -0.2) is 24.3 Å². The van der Waals surface area contributed by atoms with Crippen LogP contribution in [0.15, 0.2) is 30.6 Å². The van der Waals surface area contributed by atoms with Gasteiger partial charge in [0.2, 0.25) is 5.28 Å². The summed E-state index contributed by atoms with van der Waals surface area (Å²) in [4.78, 5) is 18.9. The van der Waals surface area contributed by atoms with Crippen molar-refractivity contribution < 1.29 is 9.13 Å². The Morgan fingerprint density at radius 2 is 1.96 bits per heavy atom. The summed E-state index contributed by atoms with van der Waals surface area (Å²) in [5.74, 6) is 1.39. The number of aromatic nitrogens is 4. The number of hydrogen-bond acceptors (Lipinski definition) is 7. The van der Waals surface area contributed by atoms with Crippen LogP contribution in [0.4, 0.5) is 21.8 Å². The number of morpholine rings is 1. The molecule has 9 heteroatoms. The number of rotatable bonds is 3. The van der Waals surface area contributed by atoms with Crippen molar-refractivity contribution in [2.24, 2.45) is 0 Å². The Balaban J connectivity index is 1.68. The lowest BCUT2D eigenvalue weighted by atomic mass is 10.2. The highest BCUT2D eigenvalue weighted by Crippen LogP contribution is 2.25. The fourth-order valence-corrected chi connectivity index (χ4v) is 2.85. The molecule has 0 unspecified atom stereocenters. The minimum atomic E-state index is -0.350. The predicted octanol–water partition coefficient (Wildman–Crippen LogP) is 2.79. The predicted molar refractivity (Wildman–Crippen MR) is 92.9 cm³/mol. The Morgan fingerprint density at radius 1 is 1.12 bits per heavy atom. The van der Waals surface area contributed by atoms with Crippen LogP contribution in [0.25, 0.3) is 10.9 Å². The Kier molecular flexibility index (Phi) is 4.29. The van der Waals surface area contributed by atoms with Crippen molar-refractivity contribution in [3.8, 4) is 0 Å². The minimum Gasteiger partial charge on any atom is -0.378 e. The summed E-state index contributed by atoms with van der Waals surface area (Å²) in [6.07, 6.45) is 1.37. The fraction of sp³-hybridized carbons (Fsp3) is 0.250. The maximum atomic E-state index is 13.4. The summed E-state index contributed by atoms with van der Waals surface area (Å²) in [7, 11) is 0. The average molecular weight is 361 g/mol. The Hall–Kier alpha value is -2.58. The average Bonchev–Trinajstić information content (AvgIpc) is 2.62. The van der Waals surface area contributed by atoms with Crippen molar-refractivity contribution in [1.82, 2.24) is 19.9 Å². The van der Waals surface area contributed by atoms with E-state index in [0.717, 1.165) is 18.9 Å². The molecule has 1 aliphatic heterocycles. The van der Waals surface area contributed by atoms with Crippen LogP contribution in [0.1, 0.15) is 0 Å². The van der Waals surface area contributed by atoms with Gasteiger partial charge in [0.15, 0.2) is 0 Å². The van der Waals surface area contributed by atoms with Crippen LogP contribution < -0.4 is 10.2 Å². The second-order valence-corrected chi connectivity index (χ2v) is 5.83. The molecule has 0 radical (unpaired) electrons. The number of ether oxygens (including phenoxy) is 1. The highest BCUT2D eigenvalue weighted by molar-refractivity contribution is 6.28. The van der Waals surface area contributed by atoms with Gasteiger partial charge in [0.1, 0.15) is 29.6 Å². The molecule has 128 valence electrons. The van der Waals surface area contributed by atoms with Gasteiger partial charge in [0.25, 0.3) is 0 Å². The Bertz CT molecular complexity index is 918. The molecule has 2 aromatic heterocycles. The van der Waals surface area contributed by atoms with Crippen LogP contribution in [0.5, 0.6) is 0 Å². The quantitative estimate of drug-likeness (QED) is 0.720. The zero-order valence-electron chi connectivity index (χ0n) is 13.1. The summed E-state index contributed by atoms with van der Waals surface area (Å²) in [5.41, 5.74) is 0.506. The first-order valence-corrected chi connectivity index (χ1v) is 8.11. The largest absolute Gasteiger partial charge is 0.378 e. The van der Waals surface area contributed by atoms with E-state index in [1.807, 2.05) is 0 Å². The lowest BCUT2D eigenvalue weighted by Gasteiger charge is -2.28. The lowest BCUT2D eigenvalue weighted by Crippen LogP contribution is -2.36. The first kappa shape index (κ1) is 15.9. The van der Waals surface area contributed by atoms with E-state index in [2.05, 4.69) is 30.2 Å². The van der Waals surface area contributed by atoms with Crippen molar-refractivity contribution >= 4 is 40.0 Å². The van der Waals surface area contributed by atoms with E-state index < -0.39 is 0 Å². The lowest BCUT2D eigenvalue weighted by molar-refractivity contribution is 0.122. The van der Waals surface area contributed by atoms with Crippen LogP contribution in [0.3, 0.4) is 0 Å². The number of nitrogens with one attached hydrogen (secondary N) is 1. The first-order chi connectivity index (χ1) is 12.2. The number of hydrogen-bond donors (Lipinski definition) is 1. The molecule has 0 amide bonds. The Morgan fingerprint density at radius 3 is 2.80 bits per heavy atom. The van der Waals surface area contributed by atoms with Gasteiger partial charge in [-0.15, -0.1) is 0 Å². The third-order valence-electron chi connectivity index (χ3n) is 3.87. The highest BCUT2D eigenvalue weighted by Gasteiger charge is 2.15. The SMILES string of the molecule is Fc1ccc2c(Nc3cc(N4CCOCC4)nc(Cl)n3)ncnc2c1. The molecular formula is C16H14ClFN6O. The molecule has 4 rings (SSSR count). The summed E-state index contributed by atoms with van der Waals surface area (Å²) in [6.45, 7) is 2.77. The third kappa shape index (κ3) is 3.45. The van der Waals surface area contributed by atoms with Gasteiger partial charge in [-0.3, -0.25) is 0 Å². The third-order valence-corrected chi connectivity index (χ3v) is 4.03. The van der Waals surface area contributed by atoms with E-state index >= 15 is 0 Å². The molecule has 25 heavy (non-hydrogen) atoms. The van der Waals surface area contributed by atoms with E-state index in [9.17, 15) is 4.39 Å². The molecule has 7 nitrogen and oxygen atoms in total. The van der Waals surface area contributed by atoms with E-state index in [1.54, 1.807) is 12.1 Å². The topological polar surface area (TPSA) is 76.1 Å². The van der Waals surface area contributed by atoms with Crippen LogP contribution >= 0.6 is 11.6 Å². The monoisotopic (exact) mass is 360 g/mol. The van der Waals surface area contributed by atoms with Crippen LogP contribution in [0, 0.1) is 5.82 Å². The number of fused-ring (bicyclic) bond motifs is 1. The van der Waals surface area contributed by atoms with E-state index in [4.69, 9.17) is 16.3 Å². The smallest absolute Gasteiger partial charge is 0.226 e. The molecule has 1 aliphatic rings. The molecule has 0 bridgehead atoms. The number of anilines is 3. The summed E-state index contributed by atoms with van der Waals surface area (Å²) in [6, 6.07) is 6.14. The van der Waals surface area contributed by atoms with E-state index in [-0.39, 0.29) is 11.1 Å². The molecule has 1 N–H and O–H groups in total. The molecule has 3 heterocycles.